The van der Waals surface area contributed by atoms with Crippen molar-refractivity contribution in [3.63, 3.8) is 0 Å². The van der Waals surface area contributed by atoms with E-state index in [1.165, 1.54) is 0 Å². The van der Waals surface area contributed by atoms with Crippen molar-refractivity contribution in [1.29, 1.82) is 0 Å². The molecule has 0 bridgehead atoms. The molecule has 5 heteroatoms. The number of rotatable bonds is 9. The van der Waals surface area contributed by atoms with Crippen LogP contribution in [0.4, 0.5) is 0 Å². The van der Waals surface area contributed by atoms with Crippen LogP contribution < -0.4 is 0 Å². The van der Waals surface area contributed by atoms with Gasteiger partial charge < -0.3 is 23.7 Å². The largest absolute Gasteiger partial charge is 0.376 e. The van der Waals surface area contributed by atoms with Crippen molar-refractivity contribution < 1.29 is 23.7 Å². The van der Waals surface area contributed by atoms with Gasteiger partial charge in [0.15, 0.2) is 0 Å². The number of hydrogen-bond acceptors (Lipinski definition) is 5. The van der Waals surface area contributed by atoms with Crippen LogP contribution in [0.1, 0.15) is 0 Å². The SMILES string of the molecule is C=CCOC[C@H]1OC[C@H](OC)[C@@H](OC)[C@@H]1OCC=C. The number of hydrogen-bond donors (Lipinski definition) is 0. The minimum atomic E-state index is -0.244. The van der Waals surface area contributed by atoms with Gasteiger partial charge in [-0.2, -0.15) is 0 Å². The molecule has 4 atom stereocenters. The molecule has 0 radical (unpaired) electrons. The maximum atomic E-state index is 5.76. The lowest BCUT2D eigenvalue weighted by atomic mass is 10.00. The lowest BCUT2D eigenvalue weighted by Crippen LogP contribution is -2.56. The van der Waals surface area contributed by atoms with Crippen LogP contribution in [0, 0.1) is 0 Å². The standard InChI is InChI=1S/C14H24O5/c1-5-7-17-9-12-14(18-8-6-2)13(16-4)11(15-3)10-19-12/h5-6,11-14H,1-2,7-10H2,3-4H3/t11-,12+,13+,14+/m0/s1. The van der Waals surface area contributed by atoms with E-state index in [9.17, 15) is 0 Å². The van der Waals surface area contributed by atoms with Crippen LogP contribution in [0.5, 0.6) is 0 Å². The van der Waals surface area contributed by atoms with E-state index in [1.54, 1.807) is 26.4 Å². The highest BCUT2D eigenvalue weighted by molar-refractivity contribution is 4.90. The summed E-state index contributed by atoms with van der Waals surface area (Å²) in [4.78, 5) is 0. The predicted octanol–water partition coefficient (Wildman–Crippen LogP) is 1.19. The van der Waals surface area contributed by atoms with Gasteiger partial charge in [-0.25, -0.2) is 0 Å². The minimum Gasteiger partial charge on any atom is -0.376 e. The Kier molecular flexibility index (Phi) is 7.93. The molecule has 1 rings (SSSR count). The van der Waals surface area contributed by atoms with Gasteiger partial charge in [0.2, 0.25) is 0 Å². The first-order valence-corrected chi connectivity index (χ1v) is 6.36. The molecule has 0 amide bonds. The maximum absolute atomic E-state index is 5.76. The van der Waals surface area contributed by atoms with Crippen molar-refractivity contribution >= 4 is 0 Å². The van der Waals surface area contributed by atoms with Crippen LogP contribution in [0.3, 0.4) is 0 Å². The van der Waals surface area contributed by atoms with Gasteiger partial charge in [0.05, 0.1) is 26.4 Å². The Balaban J connectivity index is 2.65. The summed E-state index contributed by atoms with van der Waals surface area (Å²) < 4.78 is 27.8. The molecule has 110 valence electrons. The first-order chi connectivity index (χ1) is 9.28. The predicted molar refractivity (Wildman–Crippen MR) is 72.3 cm³/mol. The topological polar surface area (TPSA) is 46.2 Å². The average Bonchev–Trinajstić information content (AvgIpc) is 2.45. The molecule has 1 fully saturated rings. The molecule has 0 aromatic rings. The van der Waals surface area contributed by atoms with Gasteiger partial charge in [-0.05, 0) is 0 Å². The molecule has 0 spiro atoms. The molecule has 0 aromatic carbocycles. The van der Waals surface area contributed by atoms with E-state index in [0.29, 0.717) is 26.4 Å². The summed E-state index contributed by atoms with van der Waals surface area (Å²) in [6, 6.07) is 0. The van der Waals surface area contributed by atoms with Crippen molar-refractivity contribution in [3.8, 4) is 0 Å². The fourth-order valence-electron chi connectivity index (χ4n) is 2.11. The van der Waals surface area contributed by atoms with Gasteiger partial charge in [-0.15, -0.1) is 13.2 Å². The summed E-state index contributed by atoms with van der Waals surface area (Å²) in [5, 5.41) is 0. The van der Waals surface area contributed by atoms with Gasteiger partial charge >= 0.3 is 0 Å². The zero-order chi connectivity index (χ0) is 14.1. The van der Waals surface area contributed by atoms with Crippen LogP contribution in [-0.4, -0.2) is 65.1 Å². The lowest BCUT2D eigenvalue weighted by Gasteiger charge is -2.40. The molecule has 0 aromatic heterocycles. The van der Waals surface area contributed by atoms with Gasteiger partial charge in [0, 0.05) is 14.2 Å². The number of ether oxygens (including phenoxy) is 5. The molecular formula is C14H24O5. The molecule has 5 nitrogen and oxygen atoms in total. The van der Waals surface area contributed by atoms with Crippen LogP contribution in [-0.2, 0) is 23.7 Å². The first kappa shape index (κ1) is 16.3. The summed E-state index contributed by atoms with van der Waals surface area (Å²) in [6.07, 6.45) is 2.65. The maximum Gasteiger partial charge on any atom is 0.115 e. The van der Waals surface area contributed by atoms with E-state index >= 15 is 0 Å². The molecule has 0 N–H and O–H groups in total. The zero-order valence-electron chi connectivity index (χ0n) is 11.7. The van der Waals surface area contributed by atoms with E-state index in [-0.39, 0.29) is 24.4 Å². The molecule has 0 unspecified atom stereocenters. The van der Waals surface area contributed by atoms with Crippen molar-refractivity contribution in [1.82, 2.24) is 0 Å². The highest BCUT2D eigenvalue weighted by Crippen LogP contribution is 2.23. The average molecular weight is 272 g/mol. The van der Waals surface area contributed by atoms with Gasteiger partial charge in [0.25, 0.3) is 0 Å². The van der Waals surface area contributed by atoms with Gasteiger partial charge in [-0.3, -0.25) is 0 Å². The molecule has 1 aliphatic rings. The second-order valence-electron chi connectivity index (χ2n) is 4.26. The third-order valence-corrected chi connectivity index (χ3v) is 3.03. The van der Waals surface area contributed by atoms with Crippen molar-refractivity contribution in [2.24, 2.45) is 0 Å². The van der Waals surface area contributed by atoms with Crippen molar-refractivity contribution in [2.45, 2.75) is 24.4 Å². The fraction of sp³-hybridized carbons (Fsp3) is 0.714. The Hall–Kier alpha value is -0.720. The minimum absolute atomic E-state index is 0.143. The van der Waals surface area contributed by atoms with Gasteiger partial charge in [0.1, 0.15) is 24.4 Å². The molecule has 1 aliphatic heterocycles. The third kappa shape index (κ3) is 4.71. The fourth-order valence-corrected chi connectivity index (χ4v) is 2.11. The van der Waals surface area contributed by atoms with Gasteiger partial charge in [-0.1, -0.05) is 12.2 Å². The molecule has 0 saturated carbocycles. The Morgan fingerprint density at radius 2 is 1.84 bits per heavy atom. The second-order valence-corrected chi connectivity index (χ2v) is 4.26. The van der Waals surface area contributed by atoms with Crippen LogP contribution >= 0.6 is 0 Å². The van der Waals surface area contributed by atoms with E-state index in [1.807, 2.05) is 0 Å². The first-order valence-electron chi connectivity index (χ1n) is 6.36. The summed E-state index contributed by atoms with van der Waals surface area (Å²) >= 11 is 0. The summed E-state index contributed by atoms with van der Waals surface area (Å²) in [5.74, 6) is 0. The Morgan fingerprint density at radius 3 is 2.42 bits per heavy atom. The summed E-state index contributed by atoms with van der Waals surface area (Å²) in [5.41, 5.74) is 0. The molecule has 1 heterocycles. The lowest BCUT2D eigenvalue weighted by molar-refractivity contribution is -0.224. The summed E-state index contributed by atoms with van der Waals surface area (Å²) in [7, 11) is 3.28. The Morgan fingerprint density at radius 1 is 1.11 bits per heavy atom. The smallest absolute Gasteiger partial charge is 0.115 e. The van der Waals surface area contributed by atoms with E-state index in [4.69, 9.17) is 23.7 Å². The van der Waals surface area contributed by atoms with E-state index in [0.717, 1.165) is 0 Å². The Bertz CT molecular complexity index is 269. The number of methoxy groups -OCH3 is 2. The van der Waals surface area contributed by atoms with Crippen molar-refractivity contribution in [3.05, 3.63) is 25.3 Å². The van der Waals surface area contributed by atoms with Crippen LogP contribution in [0.15, 0.2) is 25.3 Å². The molecule has 0 aliphatic carbocycles. The van der Waals surface area contributed by atoms with E-state index < -0.39 is 0 Å². The molecule has 1 saturated heterocycles. The highest BCUT2D eigenvalue weighted by atomic mass is 16.6. The highest BCUT2D eigenvalue weighted by Gasteiger charge is 2.41. The normalized spacial score (nSPS) is 31.1. The second kappa shape index (κ2) is 9.23. The van der Waals surface area contributed by atoms with Crippen molar-refractivity contribution in [2.75, 3.05) is 40.6 Å². The van der Waals surface area contributed by atoms with E-state index in [2.05, 4.69) is 13.2 Å². The third-order valence-electron chi connectivity index (χ3n) is 3.03. The summed E-state index contributed by atoms with van der Waals surface area (Å²) in [6.45, 7) is 9.08. The molecular weight excluding hydrogens is 248 g/mol. The van der Waals surface area contributed by atoms with Crippen LogP contribution in [0.2, 0.25) is 0 Å². The Labute approximate surface area is 115 Å². The molecule has 19 heavy (non-hydrogen) atoms. The monoisotopic (exact) mass is 272 g/mol. The zero-order valence-corrected chi connectivity index (χ0v) is 11.7. The van der Waals surface area contributed by atoms with Crippen LogP contribution in [0.25, 0.3) is 0 Å². The quantitative estimate of drug-likeness (QED) is 0.466.